The predicted octanol–water partition coefficient (Wildman–Crippen LogP) is 6.42. The van der Waals surface area contributed by atoms with Gasteiger partial charge >= 0.3 is 0 Å². The van der Waals surface area contributed by atoms with Crippen molar-refractivity contribution < 1.29 is 17.9 Å². The maximum absolute atomic E-state index is 12.9. The first-order valence-corrected chi connectivity index (χ1v) is 14.4. The summed E-state index contributed by atoms with van der Waals surface area (Å²) in [4.78, 5) is 12.7. The van der Waals surface area contributed by atoms with Gasteiger partial charge in [0.2, 0.25) is 0 Å². The molecule has 0 fully saturated rings. The molecule has 3 aromatic carbocycles. The molecule has 0 aliphatic heterocycles. The third kappa shape index (κ3) is 8.02. The Labute approximate surface area is 232 Å². The molecule has 0 aliphatic carbocycles. The Bertz CT molecular complexity index is 1370. The highest BCUT2D eigenvalue weighted by Gasteiger charge is 2.17. The van der Waals surface area contributed by atoms with Gasteiger partial charge in [0.15, 0.2) is 5.11 Å². The minimum Gasteiger partial charge on any atom is -0.492 e. The Morgan fingerprint density at radius 2 is 1.68 bits per heavy atom. The molecule has 0 atom stereocenters. The second-order valence-electron chi connectivity index (χ2n) is 8.98. The number of carbonyl (C=O) groups is 1. The van der Waals surface area contributed by atoms with Gasteiger partial charge < -0.3 is 10.1 Å². The molecular formula is C27H30BrN3O4S2. The van der Waals surface area contributed by atoms with Crippen molar-refractivity contribution in [2.45, 2.75) is 39.0 Å². The Kier molecular flexibility index (Phi) is 9.69. The number of sulfonamides is 1. The van der Waals surface area contributed by atoms with Gasteiger partial charge in [-0.2, -0.15) is 0 Å². The SMILES string of the molecule is Cc1cccc(C)c1NS(=O)(=O)c1ccc(NC(=S)NC(=O)c2ccc(OCCC(C)C)c(Br)c2)cc1. The van der Waals surface area contributed by atoms with Crippen LogP contribution in [0.2, 0.25) is 0 Å². The number of amides is 1. The number of anilines is 2. The van der Waals surface area contributed by atoms with Crippen molar-refractivity contribution in [1.29, 1.82) is 0 Å². The number of thiocarbonyl (C=S) groups is 1. The molecule has 0 bridgehead atoms. The molecule has 0 unspecified atom stereocenters. The number of nitrogens with one attached hydrogen (secondary N) is 3. The number of halogens is 1. The fourth-order valence-electron chi connectivity index (χ4n) is 3.39. The average molecular weight is 605 g/mol. The molecule has 1 amide bonds. The van der Waals surface area contributed by atoms with Crippen LogP contribution in [0.15, 0.2) is 70.0 Å². The summed E-state index contributed by atoms with van der Waals surface area (Å²) >= 11 is 8.71. The van der Waals surface area contributed by atoms with E-state index < -0.39 is 10.0 Å². The molecule has 0 radical (unpaired) electrons. The number of hydrogen-bond donors (Lipinski definition) is 3. The Morgan fingerprint density at radius 1 is 1.03 bits per heavy atom. The normalized spacial score (nSPS) is 11.2. The lowest BCUT2D eigenvalue weighted by molar-refractivity contribution is 0.0977. The maximum Gasteiger partial charge on any atom is 0.261 e. The van der Waals surface area contributed by atoms with Crippen molar-refractivity contribution in [3.05, 3.63) is 81.8 Å². The van der Waals surface area contributed by atoms with Crippen molar-refractivity contribution in [2.75, 3.05) is 16.6 Å². The second kappa shape index (κ2) is 12.5. The third-order valence-corrected chi connectivity index (χ3v) is 7.70. The monoisotopic (exact) mass is 603 g/mol. The highest BCUT2D eigenvalue weighted by Crippen LogP contribution is 2.27. The van der Waals surface area contributed by atoms with Crippen LogP contribution < -0.4 is 20.1 Å². The highest BCUT2D eigenvalue weighted by atomic mass is 79.9. The summed E-state index contributed by atoms with van der Waals surface area (Å²) in [7, 11) is -3.77. The molecule has 3 rings (SSSR count). The van der Waals surface area contributed by atoms with Gasteiger partial charge in [0.25, 0.3) is 15.9 Å². The van der Waals surface area contributed by atoms with Crippen molar-refractivity contribution in [3.8, 4) is 5.75 Å². The average Bonchev–Trinajstić information content (AvgIpc) is 2.82. The highest BCUT2D eigenvalue weighted by molar-refractivity contribution is 9.10. The topological polar surface area (TPSA) is 96.5 Å². The Hall–Kier alpha value is -2.95. The molecule has 3 aromatic rings. The standard InChI is InChI=1S/C27H30BrN3O4S2/c1-17(2)14-15-35-24-13-8-20(16-23(24)28)26(32)30-27(36)29-21-9-11-22(12-10-21)37(33,34)31-25-18(3)6-5-7-19(25)4/h5-13,16-17,31H,14-15H2,1-4H3,(H2,29,30,32,36). The molecule has 0 aliphatic rings. The Morgan fingerprint density at radius 3 is 2.27 bits per heavy atom. The molecule has 0 saturated carbocycles. The number of aryl methyl sites for hydroxylation is 2. The lowest BCUT2D eigenvalue weighted by Gasteiger charge is -2.14. The van der Waals surface area contributed by atoms with Crippen LogP contribution in [-0.4, -0.2) is 26.0 Å². The van der Waals surface area contributed by atoms with E-state index in [1.54, 1.807) is 30.3 Å². The van der Waals surface area contributed by atoms with Crippen LogP contribution in [0.3, 0.4) is 0 Å². The minimum atomic E-state index is -3.77. The van der Waals surface area contributed by atoms with E-state index in [4.69, 9.17) is 17.0 Å². The van der Waals surface area contributed by atoms with E-state index in [2.05, 4.69) is 45.1 Å². The summed E-state index contributed by atoms with van der Waals surface area (Å²) in [5.74, 6) is 0.821. The van der Waals surface area contributed by atoms with Crippen molar-refractivity contribution in [1.82, 2.24) is 5.32 Å². The predicted molar refractivity (Wildman–Crippen MR) is 156 cm³/mol. The molecule has 37 heavy (non-hydrogen) atoms. The van der Waals surface area contributed by atoms with Crippen molar-refractivity contribution in [2.24, 2.45) is 5.92 Å². The van der Waals surface area contributed by atoms with Crippen molar-refractivity contribution >= 4 is 60.6 Å². The second-order valence-corrected chi connectivity index (χ2v) is 11.9. The lowest BCUT2D eigenvalue weighted by atomic mass is 10.1. The molecular weight excluding hydrogens is 574 g/mol. The van der Waals surface area contributed by atoms with Crippen LogP contribution in [0.25, 0.3) is 0 Å². The largest absolute Gasteiger partial charge is 0.492 e. The summed E-state index contributed by atoms with van der Waals surface area (Å²) in [6, 6.07) is 16.7. The first-order valence-electron chi connectivity index (χ1n) is 11.7. The summed E-state index contributed by atoms with van der Waals surface area (Å²) in [6.07, 6.45) is 0.935. The molecule has 7 nitrogen and oxygen atoms in total. The van der Waals surface area contributed by atoms with Crippen LogP contribution in [-0.2, 0) is 10.0 Å². The first kappa shape index (κ1) is 28.6. The summed E-state index contributed by atoms with van der Waals surface area (Å²) in [5.41, 5.74) is 3.18. The van der Waals surface area contributed by atoms with Gasteiger partial charge in [0.1, 0.15) is 5.75 Å². The van der Waals surface area contributed by atoms with E-state index in [9.17, 15) is 13.2 Å². The zero-order chi connectivity index (χ0) is 27.2. The smallest absolute Gasteiger partial charge is 0.261 e. The van der Waals surface area contributed by atoms with Crippen LogP contribution in [0.5, 0.6) is 5.75 Å². The van der Waals surface area contributed by atoms with Gasteiger partial charge in [-0.05, 0) is 108 Å². The van der Waals surface area contributed by atoms with Gasteiger partial charge in [0, 0.05) is 11.3 Å². The molecule has 0 spiro atoms. The molecule has 3 N–H and O–H groups in total. The quantitative estimate of drug-likeness (QED) is 0.244. The molecule has 10 heteroatoms. The van der Waals surface area contributed by atoms with Crippen LogP contribution >= 0.6 is 28.1 Å². The number of para-hydroxylation sites is 1. The number of benzene rings is 3. The number of hydrogen-bond acceptors (Lipinski definition) is 5. The van der Waals surface area contributed by atoms with Gasteiger partial charge in [0.05, 0.1) is 21.7 Å². The molecule has 0 aromatic heterocycles. The van der Waals surface area contributed by atoms with Gasteiger partial charge in [-0.15, -0.1) is 0 Å². The van der Waals surface area contributed by atoms with E-state index in [1.165, 1.54) is 12.1 Å². The van der Waals surface area contributed by atoms with Gasteiger partial charge in [-0.3, -0.25) is 14.8 Å². The van der Waals surface area contributed by atoms with Crippen molar-refractivity contribution in [3.63, 3.8) is 0 Å². The van der Waals surface area contributed by atoms with E-state index in [1.807, 2.05) is 32.0 Å². The summed E-state index contributed by atoms with van der Waals surface area (Å²) in [6.45, 7) is 8.55. The minimum absolute atomic E-state index is 0.0858. The number of carbonyl (C=O) groups excluding carboxylic acids is 1. The third-order valence-electron chi connectivity index (χ3n) is 5.51. The van der Waals surface area contributed by atoms with E-state index in [-0.39, 0.29) is 15.9 Å². The molecule has 0 heterocycles. The van der Waals surface area contributed by atoms with Gasteiger partial charge in [-0.25, -0.2) is 8.42 Å². The summed E-state index contributed by atoms with van der Waals surface area (Å²) < 4.78 is 34.8. The summed E-state index contributed by atoms with van der Waals surface area (Å²) in [5, 5.41) is 5.62. The van der Waals surface area contributed by atoms with E-state index in [0.717, 1.165) is 17.5 Å². The van der Waals surface area contributed by atoms with Crippen LogP contribution in [0.4, 0.5) is 11.4 Å². The molecule has 196 valence electrons. The van der Waals surface area contributed by atoms with E-state index >= 15 is 0 Å². The van der Waals surface area contributed by atoms with Crippen LogP contribution in [0.1, 0.15) is 41.8 Å². The lowest BCUT2D eigenvalue weighted by Crippen LogP contribution is -2.34. The van der Waals surface area contributed by atoms with Gasteiger partial charge in [-0.1, -0.05) is 32.0 Å². The Balaban J connectivity index is 1.59. The fraction of sp³-hybridized carbons (Fsp3) is 0.259. The maximum atomic E-state index is 12.9. The number of rotatable bonds is 9. The zero-order valence-electron chi connectivity index (χ0n) is 21.1. The zero-order valence-corrected chi connectivity index (χ0v) is 24.3. The fourth-order valence-corrected chi connectivity index (χ4v) is 5.29. The number of ether oxygens (including phenoxy) is 1. The van der Waals surface area contributed by atoms with E-state index in [0.29, 0.717) is 39.7 Å². The molecule has 0 saturated heterocycles. The van der Waals surface area contributed by atoms with Crippen LogP contribution in [0, 0.1) is 19.8 Å². The first-order chi connectivity index (χ1) is 17.5.